The van der Waals surface area contributed by atoms with Crippen molar-refractivity contribution in [3.8, 4) is 11.5 Å². The van der Waals surface area contributed by atoms with Gasteiger partial charge in [-0.05, 0) is 36.4 Å². The Bertz CT molecular complexity index is 729. The average Bonchev–Trinajstić information content (AvgIpc) is 2.47. The van der Waals surface area contributed by atoms with Crippen molar-refractivity contribution in [3.63, 3.8) is 0 Å². The molecule has 2 aromatic carbocycles. The van der Waals surface area contributed by atoms with Gasteiger partial charge in [-0.25, -0.2) is 12.8 Å². The van der Waals surface area contributed by atoms with Gasteiger partial charge in [0, 0.05) is 0 Å². The van der Waals surface area contributed by atoms with E-state index in [0.29, 0.717) is 5.75 Å². The molecule has 0 bridgehead atoms. The van der Waals surface area contributed by atoms with Crippen molar-refractivity contribution in [1.29, 1.82) is 0 Å². The van der Waals surface area contributed by atoms with E-state index in [9.17, 15) is 12.8 Å². The van der Waals surface area contributed by atoms with Crippen molar-refractivity contribution in [2.24, 2.45) is 0 Å². The zero-order valence-corrected chi connectivity index (χ0v) is 12.3. The Kier molecular flexibility index (Phi) is 4.32. The molecule has 0 saturated carbocycles. The molecule has 112 valence electrons. The van der Waals surface area contributed by atoms with E-state index in [-0.39, 0.29) is 16.3 Å². The summed E-state index contributed by atoms with van der Waals surface area (Å²) in [6.45, 7) is 0. The lowest BCUT2D eigenvalue weighted by atomic mass is 10.3. The Morgan fingerprint density at radius 3 is 2.24 bits per heavy atom. The molecular weight excluding hydrogens is 297 g/mol. The summed E-state index contributed by atoms with van der Waals surface area (Å²) in [5.41, 5.74) is 0.237. The molecule has 0 fully saturated rings. The fourth-order valence-electron chi connectivity index (χ4n) is 1.78. The van der Waals surface area contributed by atoms with Crippen molar-refractivity contribution in [2.75, 3.05) is 18.9 Å². The number of halogens is 1. The summed E-state index contributed by atoms with van der Waals surface area (Å²) in [6, 6.07) is 9.35. The molecule has 21 heavy (non-hydrogen) atoms. The summed E-state index contributed by atoms with van der Waals surface area (Å²) in [4.78, 5) is -0.0474. The van der Waals surface area contributed by atoms with Crippen molar-refractivity contribution < 1.29 is 22.3 Å². The third-order valence-corrected chi connectivity index (χ3v) is 4.15. The number of hydrogen-bond donors (Lipinski definition) is 1. The maximum absolute atomic E-state index is 12.9. The first-order valence-corrected chi connectivity index (χ1v) is 7.45. The van der Waals surface area contributed by atoms with Crippen LogP contribution in [0.25, 0.3) is 0 Å². The van der Waals surface area contributed by atoms with Gasteiger partial charge in [-0.1, -0.05) is 6.07 Å². The Morgan fingerprint density at radius 1 is 1.00 bits per heavy atom. The minimum absolute atomic E-state index is 0.0474. The number of para-hydroxylation sites is 1. The maximum atomic E-state index is 12.9. The molecule has 0 radical (unpaired) electrons. The van der Waals surface area contributed by atoms with Gasteiger partial charge in [-0.15, -0.1) is 0 Å². The third kappa shape index (κ3) is 3.25. The van der Waals surface area contributed by atoms with Crippen molar-refractivity contribution in [3.05, 3.63) is 48.3 Å². The van der Waals surface area contributed by atoms with Gasteiger partial charge in [0.25, 0.3) is 10.0 Å². The van der Waals surface area contributed by atoms with Crippen LogP contribution in [0.1, 0.15) is 0 Å². The summed E-state index contributed by atoms with van der Waals surface area (Å²) >= 11 is 0. The largest absolute Gasteiger partial charge is 0.493 e. The van der Waals surface area contributed by atoms with Gasteiger partial charge in [-0.3, -0.25) is 4.72 Å². The first kappa shape index (κ1) is 15.1. The summed E-state index contributed by atoms with van der Waals surface area (Å²) < 4.78 is 50.0. The number of hydrogen-bond acceptors (Lipinski definition) is 4. The molecule has 0 aliphatic carbocycles. The number of methoxy groups -OCH3 is 2. The van der Waals surface area contributed by atoms with Crippen LogP contribution in [0.3, 0.4) is 0 Å². The van der Waals surface area contributed by atoms with Crippen molar-refractivity contribution >= 4 is 15.7 Å². The van der Waals surface area contributed by atoms with Gasteiger partial charge >= 0.3 is 0 Å². The van der Waals surface area contributed by atoms with Crippen LogP contribution in [-0.4, -0.2) is 22.6 Å². The van der Waals surface area contributed by atoms with E-state index in [4.69, 9.17) is 9.47 Å². The fourth-order valence-corrected chi connectivity index (χ4v) is 2.85. The molecule has 0 aliphatic rings. The summed E-state index contributed by atoms with van der Waals surface area (Å²) in [7, 11) is -0.975. The van der Waals surface area contributed by atoms with Gasteiger partial charge in [0.05, 0.1) is 24.8 Å². The van der Waals surface area contributed by atoms with Crippen LogP contribution in [0, 0.1) is 5.82 Å². The van der Waals surface area contributed by atoms with Crippen molar-refractivity contribution in [1.82, 2.24) is 0 Å². The zero-order valence-electron chi connectivity index (χ0n) is 11.5. The van der Waals surface area contributed by atoms with E-state index in [1.165, 1.54) is 26.4 Å². The summed E-state index contributed by atoms with van der Waals surface area (Å²) in [5.74, 6) is 0.162. The molecule has 0 atom stereocenters. The highest BCUT2D eigenvalue weighted by Crippen LogP contribution is 2.35. The van der Waals surface area contributed by atoms with E-state index in [2.05, 4.69) is 4.72 Å². The molecule has 2 rings (SSSR count). The topological polar surface area (TPSA) is 64.6 Å². The second-order valence-electron chi connectivity index (χ2n) is 4.10. The Labute approximate surface area is 122 Å². The first-order valence-electron chi connectivity index (χ1n) is 5.97. The average molecular weight is 311 g/mol. The predicted molar refractivity (Wildman–Crippen MR) is 76.8 cm³/mol. The van der Waals surface area contributed by atoms with Gasteiger partial charge in [0.15, 0.2) is 11.5 Å². The summed E-state index contributed by atoms with van der Waals surface area (Å²) in [5, 5.41) is 0. The van der Waals surface area contributed by atoms with Crippen LogP contribution in [0.15, 0.2) is 47.4 Å². The molecule has 0 amide bonds. The zero-order chi connectivity index (χ0) is 15.5. The normalized spacial score (nSPS) is 11.0. The lowest BCUT2D eigenvalue weighted by Crippen LogP contribution is -2.13. The van der Waals surface area contributed by atoms with Crippen molar-refractivity contribution in [2.45, 2.75) is 4.90 Å². The minimum Gasteiger partial charge on any atom is -0.493 e. The Morgan fingerprint density at radius 2 is 1.67 bits per heavy atom. The monoisotopic (exact) mass is 311 g/mol. The van der Waals surface area contributed by atoms with E-state index < -0.39 is 15.8 Å². The molecular formula is C14H14FNO4S. The second-order valence-corrected chi connectivity index (χ2v) is 5.78. The lowest BCUT2D eigenvalue weighted by molar-refractivity contribution is 0.356. The minimum atomic E-state index is -3.84. The lowest BCUT2D eigenvalue weighted by Gasteiger charge is -2.14. The predicted octanol–water partition coefficient (Wildman–Crippen LogP) is 2.64. The van der Waals surface area contributed by atoms with Gasteiger partial charge < -0.3 is 9.47 Å². The second kappa shape index (κ2) is 6.01. The standard InChI is InChI=1S/C14H14FNO4S/c1-19-13-5-3-4-12(14(13)20-2)16-21(17,18)11-8-6-10(15)7-9-11/h3-9,16H,1-2H3. The number of ether oxygens (including phenoxy) is 2. The highest BCUT2D eigenvalue weighted by atomic mass is 32.2. The van der Waals surface area contributed by atoms with Gasteiger partial charge in [-0.2, -0.15) is 0 Å². The van der Waals surface area contributed by atoms with E-state index >= 15 is 0 Å². The van der Waals surface area contributed by atoms with E-state index in [1.807, 2.05) is 0 Å². The Balaban J connectivity index is 2.39. The molecule has 0 heterocycles. The molecule has 7 heteroatoms. The van der Waals surface area contributed by atoms with Crippen LogP contribution >= 0.6 is 0 Å². The van der Waals surface area contributed by atoms with Crippen LogP contribution in [-0.2, 0) is 10.0 Å². The quantitative estimate of drug-likeness (QED) is 0.922. The number of anilines is 1. The number of nitrogens with one attached hydrogen (secondary N) is 1. The Hall–Kier alpha value is -2.28. The molecule has 1 N–H and O–H groups in total. The maximum Gasteiger partial charge on any atom is 0.262 e. The molecule has 0 spiro atoms. The third-order valence-electron chi connectivity index (χ3n) is 2.77. The number of benzene rings is 2. The molecule has 2 aromatic rings. The van der Waals surface area contributed by atoms with E-state index in [0.717, 1.165) is 12.1 Å². The number of rotatable bonds is 5. The summed E-state index contributed by atoms with van der Waals surface area (Å²) in [6.07, 6.45) is 0. The van der Waals surface area contributed by atoms with Crippen LogP contribution in [0.2, 0.25) is 0 Å². The van der Waals surface area contributed by atoms with Crippen LogP contribution in [0.5, 0.6) is 11.5 Å². The number of sulfonamides is 1. The van der Waals surface area contributed by atoms with E-state index in [1.54, 1.807) is 18.2 Å². The molecule has 0 aromatic heterocycles. The first-order chi connectivity index (χ1) is 9.97. The van der Waals surface area contributed by atoms with Crippen LogP contribution in [0.4, 0.5) is 10.1 Å². The molecule has 0 saturated heterocycles. The highest BCUT2D eigenvalue weighted by Gasteiger charge is 2.18. The van der Waals surface area contributed by atoms with Crippen LogP contribution < -0.4 is 14.2 Å². The van der Waals surface area contributed by atoms with Gasteiger partial charge in [0.2, 0.25) is 0 Å². The highest BCUT2D eigenvalue weighted by molar-refractivity contribution is 7.92. The molecule has 5 nitrogen and oxygen atoms in total. The molecule has 0 aliphatic heterocycles. The smallest absolute Gasteiger partial charge is 0.262 e. The molecule has 0 unspecified atom stereocenters. The fraction of sp³-hybridized carbons (Fsp3) is 0.143. The van der Waals surface area contributed by atoms with Gasteiger partial charge in [0.1, 0.15) is 5.82 Å². The SMILES string of the molecule is COc1cccc(NS(=O)(=O)c2ccc(F)cc2)c1OC.